The SMILES string of the molecule is Cn1c(-c2ccccc2)c(/C=N/Nc2ccc([N+](=O)[O-])cc2[N+](=O)[O-])n2c3c(=O)[nH]c(=O)n(C)c3nc12. The Morgan fingerprint density at radius 1 is 1.03 bits per heavy atom. The average molecular weight is 503 g/mol. The van der Waals surface area contributed by atoms with Gasteiger partial charge in [0.25, 0.3) is 11.2 Å². The highest BCUT2D eigenvalue weighted by molar-refractivity contribution is 5.93. The van der Waals surface area contributed by atoms with Gasteiger partial charge in [-0.25, -0.2) is 4.79 Å². The zero-order valence-electron chi connectivity index (χ0n) is 19.3. The van der Waals surface area contributed by atoms with E-state index in [9.17, 15) is 29.8 Å². The average Bonchev–Trinajstić information content (AvgIpc) is 3.39. The first-order chi connectivity index (χ1) is 17.7. The first-order valence-electron chi connectivity index (χ1n) is 10.7. The highest BCUT2D eigenvalue weighted by Gasteiger charge is 2.23. The lowest BCUT2D eigenvalue weighted by molar-refractivity contribution is -0.393. The standard InChI is InChI=1S/C22H17N9O6/c1-27-17(12-6-4-3-5-7-12)16(29-18-19(24-21(27)29)28(2)22(33)25-20(18)32)11-23-26-14-9-8-13(30(34)35)10-15(14)31(36)37/h3-11,26H,1-2H3,(H,25,32,33)/b23-11+. The molecule has 0 unspecified atom stereocenters. The number of aromatic amines is 1. The fourth-order valence-electron chi connectivity index (χ4n) is 4.10. The molecule has 0 fully saturated rings. The van der Waals surface area contributed by atoms with E-state index in [2.05, 4.69) is 20.5 Å². The summed E-state index contributed by atoms with van der Waals surface area (Å²) in [6.45, 7) is 0. The molecule has 0 aliphatic heterocycles. The lowest BCUT2D eigenvalue weighted by Gasteiger charge is -2.06. The van der Waals surface area contributed by atoms with Crippen LogP contribution in [0.1, 0.15) is 5.69 Å². The van der Waals surface area contributed by atoms with Crippen LogP contribution in [0.15, 0.2) is 63.2 Å². The van der Waals surface area contributed by atoms with Crippen LogP contribution in [0.5, 0.6) is 0 Å². The number of nitrogens with one attached hydrogen (secondary N) is 2. The van der Waals surface area contributed by atoms with E-state index in [1.807, 2.05) is 30.3 Å². The van der Waals surface area contributed by atoms with Crippen LogP contribution in [0.4, 0.5) is 17.1 Å². The number of hydrogen-bond acceptors (Lipinski definition) is 9. The van der Waals surface area contributed by atoms with Crippen molar-refractivity contribution in [1.82, 2.24) is 23.5 Å². The van der Waals surface area contributed by atoms with Gasteiger partial charge < -0.3 is 4.57 Å². The number of H-pyrrole nitrogens is 1. The molecule has 0 atom stereocenters. The molecule has 3 aromatic heterocycles. The lowest BCUT2D eigenvalue weighted by Crippen LogP contribution is -2.28. The lowest BCUT2D eigenvalue weighted by atomic mass is 10.1. The van der Waals surface area contributed by atoms with E-state index in [1.165, 1.54) is 28.3 Å². The van der Waals surface area contributed by atoms with Gasteiger partial charge in [0.05, 0.1) is 33.5 Å². The van der Waals surface area contributed by atoms with Crippen molar-refractivity contribution in [1.29, 1.82) is 0 Å². The van der Waals surface area contributed by atoms with Crippen LogP contribution in [0.2, 0.25) is 0 Å². The van der Waals surface area contributed by atoms with E-state index in [1.54, 1.807) is 11.6 Å². The van der Waals surface area contributed by atoms with Gasteiger partial charge in [0.15, 0.2) is 11.2 Å². The van der Waals surface area contributed by atoms with E-state index < -0.39 is 32.5 Å². The van der Waals surface area contributed by atoms with E-state index in [0.29, 0.717) is 17.2 Å². The molecule has 0 aliphatic rings. The Kier molecular flexibility index (Phi) is 5.36. The molecule has 5 aromatic rings. The molecule has 15 nitrogen and oxygen atoms in total. The number of aromatic nitrogens is 5. The topological polar surface area (TPSA) is 188 Å². The van der Waals surface area contributed by atoms with Gasteiger partial charge in [-0.1, -0.05) is 30.3 Å². The van der Waals surface area contributed by atoms with Crippen molar-refractivity contribution < 1.29 is 9.85 Å². The third-order valence-electron chi connectivity index (χ3n) is 5.83. The molecule has 0 radical (unpaired) electrons. The number of nitro benzene ring substituents is 2. The number of aryl methyl sites for hydroxylation is 2. The van der Waals surface area contributed by atoms with Gasteiger partial charge in [-0.3, -0.25) is 44.4 Å². The second-order valence-corrected chi connectivity index (χ2v) is 7.98. The molecule has 0 bridgehead atoms. The monoisotopic (exact) mass is 503 g/mol. The second kappa shape index (κ2) is 8.56. The summed E-state index contributed by atoms with van der Waals surface area (Å²) in [5.41, 5.74) is 2.31. The Labute approximate surface area is 205 Å². The van der Waals surface area contributed by atoms with Crippen LogP contribution >= 0.6 is 0 Å². The Morgan fingerprint density at radius 2 is 1.76 bits per heavy atom. The summed E-state index contributed by atoms with van der Waals surface area (Å²) in [6.07, 6.45) is 1.35. The highest BCUT2D eigenvalue weighted by Crippen LogP contribution is 2.30. The van der Waals surface area contributed by atoms with Gasteiger partial charge in [0.1, 0.15) is 5.69 Å². The first-order valence-corrected chi connectivity index (χ1v) is 10.7. The van der Waals surface area contributed by atoms with Crippen LogP contribution in [0, 0.1) is 20.2 Å². The molecule has 0 amide bonds. The largest absolute Gasteiger partial charge is 0.329 e. The van der Waals surface area contributed by atoms with Gasteiger partial charge in [-0.05, 0) is 6.07 Å². The minimum Gasteiger partial charge on any atom is -0.312 e. The van der Waals surface area contributed by atoms with Gasteiger partial charge in [-0.2, -0.15) is 10.1 Å². The Balaban J connectivity index is 1.72. The minimum atomic E-state index is -0.760. The zero-order chi connectivity index (χ0) is 26.4. The maximum atomic E-state index is 12.8. The van der Waals surface area contributed by atoms with Gasteiger partial charge in [0.2, 0.25) is 5.78 Å². The van der Waals surface area contributed by atoms with Crippen molar-refractivity contribution in [3.8, 4) is 11.3 Å². The quantitative estimate of drug-likeness (QED) is 0.200. The number of hydrogen-bond donors (Lipinski definition) is 2. The maximum Gasteiger partial charge on any atom is 0.329 e. The van der Waals surface area contributed by atoms with E-state index >= 15 is 0 Å². The van der Waals surface area contributed by atoms with Crippen molar-refractivity contribution in [3.05, 3.63) is 95.3 Å². The Bertz CT molecular complexity index is 1880. The molecule has 37 heavy (non-hydrogen) atoms. The normalized spacial score (nSPS) is 11.5. The van der Waals surface area contributed by atoms with Crippen molar-refractivity contribution in [2.45, 2.75) is 0 Å². The smallest absolute Gasteiger partial charge is 0.312 e. The number of imidazole rings is 2. The Morgan fingerprint density at radius 3 is 2.43 bits per heavy atom. The van der Waals surface area contributed by atoms with Gasteiger partial charge in [-0.15, -0.1) is 0 Å². The predicted molar refractivity (Wildman–Crippen MR) is 134 cm³/mol. The molecular weight excluding hydrogens is 486 g/mol. The summed E-state index contributed by atoms with van der Waals surface area (Å²) in [6, 6.07) is 12.3. The van der Waals surface area contributed by atoms with Crippen molar-refractivity contribution in [3.63, 3.8) is 0 Å². The molecule has 3 heterocycles. The summed E-state index contributed by atoms with van der Waals surface area (Å²) in [5.74, 6) is 0.350. The predicted octanol–water partition coefficient (Wildman–Crippen LogP) is 2.14. The summed E-state index contributed by atoms with van der Waals surface area (Å²) in [7, 11) is 3.22. The fraction of sp³-hybridized carbons (Fsp3) is 0.0909. The van der Waals surface area contributed by atoms with Crippen LogP contribution in [0.3, 0.4) is 0 Å². The summed E-state index contributed by atoms with van der Waals surface area (Å²) >= 11 is 0. The molecule has 0 saturated heterocycles. The summed E-state index contributed by atoms with van der Waals surface area (Å²) < 4.78 is 4.48. The van der Waals surface area contributed by atoms with Crippen LogP contribution < -0.4 is 16.7 Å². The highest BCUT2D eigenvalue weighted by atomic mass is 16.6. The number of non-ortho nitro benzene ring substituents is 1. The van der Waals surface area contributed by atoms with Crippen molar-refractivity contribution >= 4 is 40.2 Å². The third kappa shape index (κ3) is 3.70. The number of nitrogens with zero attached hydrogens (tertiary/aromatic N) is 7. The number of hydrazone groups is 1. The van der Waals surface area contributed by atoms with Crippen LogP contribution in [-0.2, 0) is 14.1 Å². The number of rotatable bonds is 6. The fourth-order valence-corrected chi connectivity index (χ4v) is 4.10. The molecule has 186 valence electrons. The van der Waals surface area contributed by atoms with Crippen LogP contribution in [0.25, 0.3) is 28.2 Å². The minimum absolute atomic E-state index is 0.0731. The zero-order valence-corrected chi connectivity index (χ0v) is 19.3. The molecule has 5 rings (SSSR count). The van der Waals surface area contributed by atoms with E-state index in [4.69, 9.17) is 0 Å². The third-order valence-corrected chi connectivity index (χ3v) is 5.83. The molecule has 15 heteroatoms. The maximum absolute atomic E-state index is 12.8. The van der Waals surface area contributed by atoms with E-state index in [-0.39, 0.29) is 16.9 Å². The number of nitro groups is 2. The first kappa shape index (κ1) is 23.2. The van der Waals surface area contributed by atoms with Gasteiger partial charge >= 0.3 is 11.4 Å². The molecule has 0 spiro atoms. The van der Waals surface area contributed by atoms with Crippen LogP contribution in [-0.4, -0.2) is 39.6 Å². The molecule has 2 N–H and O–H groups in total. The molecule has 2 aromatic carbocycles. The van der Waals surface area contributed by atoms with Crippen molar-refractivity contribution in [2.24, 2.45) is 19.2 Å². The van der Waals surface area contributed by atoms with Gasteiger partial charge in [0, 0.05) is 25.7 Å². The number of benzene rings is 2. The number of anilines is 1. The Hall–Kier alpha value is -5.60. The molecular formula is C22H17N9O6. The van der Waals surface area contributed by atoms with E-state index in [0.717, 1.165) is 17.7 Å². The molecule has 0 aliphatic carbocycles. The van der Waals surface area contributed by atoms with Crippen molar-refractivity contribution in [2.75, 3.05) is 5.43 Å². The summed E-state index contributed by atoms with van der Waals surface area (Å²) in [5, 5.41) is 26.6. The summed E-state index contributed by atoms with van der Waals surface area (Å²) in [4.78, 5) is 52.7. The number of fused-ring (bicyclic) bond motifs is 3. The second-order valence-electron chi connectivity index (χ2n) is 7.98. The molecule has 0 saturated carbocycles.